The highest BCUT2D eigenvalue weighted by atomic mass is 19.1. The van der Waals surface area contributed by atoms with Gasteiger partial charge in [0, 0.05) is 18.2 Å². The molecule has 2 aliphatic rings. The van der Waals surface area contributed by atoms with E-state index in [2.05, 4.69) is 25.5 Å². The van der Waals surface area contributed by atoms with Gasteiger partial charge in [-0.1, -0.05) is 18.9 Å². The Labute approximate surface area is 202 Å². The van der Waals surface area contributed by atoms with Gasteiger partial charge < -0.3 is 14.5 Å². The second kappa shape index (κ2) is 8.72. The van der Waals surface area contributed by atoms with Crippen molar-refractivity contribution in [3.8, 4) is 17.2 Å². The number of aromatic nitrogens is 6. The highest BCUT2D eigenvalue weighted by Gasteiger charge is 2.26. The van der Waals surface area contributed by atoms with Crippen molar-refractivity contribution in [2.24, 2.45) is 0 Å². The summed E-state index contributed by atoms with van der Waals surface area (Å²) in [4.78, 5) is 22.1. The molecule has 0 saturated heterocycles. The van der Waals surface area contributed by atoms with Gasteiger partial charge in [0.15, 0.2) is 5.82 Å². The third kappa shape index (κ3) is 4.22. The topological polar surface area (TPSA) is 90.5 Å². The molecule has 2 aliphatic carbocycles. The number of hydrogen-bond acceptors (Lipinski definition) is 5. The van der Waals surface area contributed by atoms with Crippen LogP contribution in [0.4, 0.5) is 10.1 Å². The summed E-state index contributed by atoms with van der Waals surface area (Å²) in [6, 6.07) is 8.60. The fourth-order valence-corrected chi connectivity index (χ4v) is 4.84. The summed E-state index contributed by atoms with van der Waals surface area (Å²) in [7, 11) is 0. The van der Waals surface area contributed by atoms with Crippen LogP contribution in [0.1, 0.15) is 72.2 Å². The fourth-order valence-electron chi connectivity index (χ4n) is 4.84. The van der Waals surface area contributed by atoms with Crippen LogP contribution in [0.25, 0.3) is 17.2 Å². The van der Waals surface area contributed by atoms with Crippen molar-refractivity contribution in [1.29, 1.82) is 0 Å². The number of benzene rings is 1. The van der Waals surface area contributed by atoms with E-state index < -0.39 is 11.7 Å². The first-order chi connectivity index (χ1) is 17.1. The maximum Gasteiger partial charge on any atom is 0.274 e. The van der Waals surface area contributed by atoms with Gasteiger partial charge in [-0.2, -0.15) is 0 Å². The minimum Gasteiger partial charge on any atom is -0.318 e. The van der Waals surface area contributed by atoms with E-state index >= 15 is 0 Å². The van der Waals surface area contributed by atoms with Crippen molar-refractivity contribution in [2.75, 3.05) is 5.32 Å². The molecule has 0 atom stereocenters. The normalized spacial score (nSPS) is 16.1. The first-order valence-electron chi connectivity index (χ1n) is 12.1. The Morgan fingerprint density at radius 1 is 1.11 bits per heavy atom. The van der Waals surface area contributed by atoms with Crippen LogP contribution in [0, 0.1) is 12.7 Å². The van der Waals surface area contributed by atoms with E-state index in [1.165, 1.54) is 18.9 Å². The molecule has 0 spiro atoms. The summed E-state index contributed by atoms with van der Waals surface area (Å²) in [6.07, 6.45) is 12.3. The average molecular weight is 472 g/mol. The summed E-state index contributed by atoms with van der Waals surface area (Å²) in [6.45, 7) is 1.84. The minimum absolute atomic E-state index is 0.0959. The third-order valence-corrected chi connectivity index (χ3v) is 6.91. The van der Waals surface area contributed by atoms with Gasteiger partial charge in [0.2, 0.25) is 0 Å². The molecule has 0 unspecified atom stereocenters. The van der Waals surface area contributed by atoms with Crippen LogP contribution in [0.2, 0.25) is 0 Å². The fraction of sp³-hybridized carbons (Fsp3) is 0.346. The Morgan fingerprint density at radius 3 is 2.74 bits per heavy atom. The van der Waals surface area contributed by atoms with E-state index in [0.717, 1.165) is 42.6 Å². The number of imidazole rings is 1. The number of anilines is 1. The molecular formula is C26H26FN7O. The first kappa shape index (κ1) is 21.6. The van der Waals surface area contributed by atoms with E-state index in [9.17, 15) is 9.18 Å². The van der Waals surface area contributed by atoms with Crippen molar-refractivity contribution in [2.45, 2.75) is 57.4 Å². The molecule has 6 rings (SSSR count). The minimum atomic E-state index is -0.501. The van der Waals surface area contributed by atoms with E-state index in [-0.39, 0.29) is 11.4 Å². The SMILES string of the molecule is Cc1cc(F)c(NC(=O)c2cccc(-c3nncn3C3CCCC3)n2)cc1-n1cnc(C2CC2)c1. The molecule has 2 fully saturated rings. The maximum atomic E-state index is 14.8. The van der Waals surface area contributed by atoms with E-state index in [4.69, 9.17) is 0 Å². The van der Waals surface area contributed by atoms with Crippen LogP contribution in [-0.2, 0) is 0 Å². The highest BCUT2D eigenvalue weighted by molar-refractivity contribution is 6.03. The molecule has 4 aromatic rings. The van der Waals surface area contributed by atoms with Gasteiger partial charge in [-0.25, -0.2) is 14.4 Å². The van der Waals surface area contributed by atoms with Crippen molar-refractivity contribution in [1.82, 2.24) is 29.3 Å². The molecule has 1 amide bonds. The lowest BCUT2D eigenvalue weighted by Gasteiger charge is -2.14. The maximum absolute atomic E-state index is 14.8. The van der Waals surface area contributed by atoms with Gasteiger partial charge in [0.05, 0.1) is 23.4 Å². The Kier molecular flexibility index (Phi) is 5.39. The standard InChI is InChI=1S/C26H26FN7O/c1-16-11-19(27)22(12-24(16)33-13-23(28-14-33)17-9-10-17)31-26(35)21-8-4-7-20(30-21)25-32-29-15-34(25)18-5-2-3-6-18/h4,7-8,11-15,17-18H,2-3,5-6,9-10H2,1H3,(H,31,35). The predicted octanol–water partition coefficient (Wildman–Crippen LogP) is 5.22. The molecule has 8 nitrogen and oxygen atoms in total. The third-order valence-electron chi connectivity index (χ3n) is 6.91. The molecule has 0 aliphatic heterocycles. The Bertz CT molecular complexity index is 1400. The molecule has 2 saturated carbocycles. The van der Waals surface area contributed by atoms with Gasteiger partial charge in [-0.15, -0.1) is 10.2 Å². The van der Waals surface area contributed by atoms with Crippen LogP contribution in [0.5, 0.6) is 0 Å². The number of nitrogens with zero attached hydrogens (tertiary/aromatic N) is 6. The monoisotopic (exact) mass is 471 g/mol. The number of rotatable bonds is 6. The van der Waals surface area contributed by atoms with Crippen molar-refractivity contribution in [3.05, 3.63) is 72.0 Å². The molecule has 3 aromatic heterocycles. The van der Waals surface area contributed by atoms with E-state index in [0.29, 0.717) is 23.5 Å². The smallest absolute Gasteiger partial charge is 0.274 e. The van der Waals surface area contributed by atoms with Crippen molar-refractivity contribution >= 4 is 11.6 Å². The number of carbonyl (C=O) groups is 1. The Balaban J connectivity index is 1.26. The summed E-state index contributed by atoms with van der Waals surface area (Å²) >= 11 is 0. The molecular weight excluding hydrogens is 445 g/mol. The van der Waals surface area contributed by atoms with E-state index in [1.54, 1.807) is 30.9 Å². The van der Waals surface area contributed by atoms with Crippen LogP contribution in [-0.4, -0.2) is 35.2 Å². The van der Waals surface area contributed by atoms with Crippen LogP contribution >= 0.6 is 0 Å². The molecule has 0 bridgehead atoms. The second-order valence-electron chi connectivity index (χ2n) is 9.46. The zero-order chi connectivity index (χ0) is 23.9. The van der Waals surface area contributed by atoms with Crippen LogP contribution in [0.15, 0.2) is 49.2 Å². The first-order valence-corrected chi connectivity index (χ1v) is 12.1. The van der Waals surface area contributed by atoms with Gasteiger partial charge >= 0.3 is 0 Å². The molecule has 35 heavy (non-hydrogen) atoms. The van der Waals surface area contributed by atoms with Gasteiger partial charge in [-0.05, 0) is 62.4 Å². The van der Waals surface area contributed by atoms with Crippen molar-refractivity contribution in [3.63, 3.8) is 0 Å². The number of hydrogen-bond donors (Lipinski definition) is 1. The largest absolute Gasteiger partial charge is 0.318 e. The number of halogens is 1. The zero-order valence-corrected chi connectivity index (χ0v) is 19.5. The Morgan fingerprint density at radius 2 is 1.94 bits per heavy atom. The number of nitrogens with one attached hydrogen (secondary N) is 1. The highest BCUT2D eigenvalue weighted by Crippen LogP contribution is 2.39. The molecule has 9 heteroatoms. The summed E-state index contributed by atoms with van der Waals surface area (Å²) < 4.78 is 18.7. The number of aryl methyl sites for hydroxylation is 1. The Hall–Kier alpha value is -3.88. The molecule has 1 N–H and O–H groups in total. The quantitative estimate of drug-likeness (QED) is 0.416. The van der Waals surface area contributed by atoms with Crippen LogP contribution < -0.4 is 5.32 Å². The summed E-state index contributed by atoms with van der Waals surface area (Å²) in [5.41, 5.74) is 3.42. The molecule has 0 radical (unpaired) electrons. The lowest BCUT2D eigenvalue weighted by atomic mass is 10.1. The molecule has 3 heterocycles. The summed E-state index contributed by atoms with van der Waals surface area (Å²) in [5, 5.41) is 11.0. The lowest BCUT2D eigenvalue weighted by molar-refractivity contribution is 0.102. The lowest BCUT2D eigenvalue weighted by Crippen LogP contribution is -2.16. The number of carbonyl (C=O) groups excluding carboxylic acids is 1. The second-order valence-corrected chi connectivity index (χ2v) is 9.46. The van der Waals surface area contributed by atoms with Crippen LogP contribution in [0.3, 0.4) is 0 Å². The number of pyridine rings is 1. The van der Waals surface area contributed by atoms with Crippen molar-refractivity contribution < 1.29 is 9.18 Å². The average Bonchev–Trinajstić information content (AvgIpc) is 3.26. The molecule has 178 valence electrons. The molecule has 1 aromatic carbocycles. The van der Waals surface area contributed by atoms with Gasteiger partial charge in [0.1, 0.15) is 23.5 Å². The predicted molar refractivity (Wildman–Crippen MR) is 129 cm³/mol. The number of amides is 1. The van der Waals surface area contributed by atoms with Gasteiger partial charge in [0.25, 0.3) is 5.91 Å². The van der Waals surface area contributed by atoms with Gasteiger partial charge in [-0.3, -0.25) is 4.79 Å². The van der Waals surface area contributed by atoms with E-state index in [1.807, 2.05) is 28.3 Å². The zero-order valence-electron chi connectivity index (χ0n) is 19.5. The summed E-state index contributed by atoms with van der Waals surface area (Å²) in [5.74, 6) is 0.173.